The molecule has 0 saturated heterocycles. The number of hydrogen-bond acceptors (Lipinski definition) is 4. The van der Waals surface area contributed by atoms with E-state index in [1.165, 1.54) is 23.5 Å². The van der Waals surface area contributed by atoms with Gasteiger partial charge in [-0.2, -0.15) is 4.31 Å². The molecular weight excluding hydrogens is 278 g/mol. The standard InChI is InChI=1S/C13H21N3O3S/c1-4-16(9-10(2)13(14)15)20(17,18)12-7-5-11(19-3)6-8-12/h5-8,10H,4,9H2,1-3H3,(H3,14,15). The SMILES string of the molecule is CCN(CC(C)C(=N)N)S(=O)(=O)c1ccc(OC)cc1. The maximum Gasteiger partial charge on any atom is 0.243 e. The fourth-order valence-corrected chi connectivity index (χ4v) is 3.24. The van der Waals surface area contributed by atoms with Crippen LogP contribution >= 0.6 is 0 Å². The third-order valence-electron chi connectivity index (χ3n) is 3.06. The zero-order valence-electron chi connectivity index (χ0n) is 12.0. The topological polar surface area (TPSA) is 96.5 Å². The van der Waals surface area contributed by atoms with Crippen molar-refractivity contribution in [1.82, 2.24) is 4.31 Å². The van der Waals surface area contributed by atoms with E-state index in [1.54, 1.807) is 26.0 Å². The summed E-state index contributed by atoms with van der Waals surface area (Å²) in [4.78, 5) is 0.205. The van der Waals surface area contributed by atoms with Crippen LogP contribution in [-0.4, -0.2) is 38.8 Å². The van der Waals surface area contributed by atoms with Crippen LogP contribution in [0.25, 0.3) is 0 Å². The maximum atomic E-state index is 12.5. The first-order valence-electron chi connectivity index (χ1n) is 6.31. The molecule has 0 saturated carbocycles. The van der Waals surface area contributed by atoms with Crippen LogP contribution in [0, 0.1) is 11.3 Å². The van der Waals surface area contributed by atoms with Gasteiger partial charge in [-0.3, -0.25) is 5.41 Å². The highest BCUT2D eigenvalue weighted by Crippen LogP contribution is 2.20. The maximum absolute atomic E-state index is 12.5. The minimum absolute atomic E-state index is 0.0200. The van der Waals surface area contributed by atoms with Gasteiger partial charge in [0.05, 0.1) is 17.8 Å². The van der Waals surface area contributed by atoms with E-state index >= 15 is 0 Å². The van der Waals surface area contributed by atoms with Crippen molar-refractivity contribution in [3.63, 3.8) is 0 Å². The molecule has 0 aliphatic carbocycles. The molecule has 0 fully saturated rings. The Hall–Kier alpha value is -1.60. The van der Waals surface area contributed by atoms with Crippen molar-refractivity contribution in [3.05, 3.63) is 24.3 Å². The van der Waals surface area contributed by atoms with Crippen molar-refractivity contribution >= 4 is 15.9 Å². The van der Waals surface area contributed by atoms with E-state index in [1.807, 2.05) is 0 Å². The normalized spacial score (nSPS) is 13.2. The van der Waals surface area contributed by atoms with Gasteiger partial charge in [0, 0.05) is 19.0 Å². The summed E-state index contributed by atoms with van der Waals surface area (Å²) in [6, 6.07) is 6.23. The Kier molecular flexibility index (Phi) is 5.52. The average molecular weight is 299 g/mol. The summed E-state index contributed by atoms with van der Waals surface area (Å²) in [5, 5.41) is 7.37. The highest BCUT2D eigenvalue weighted by molar-refractivity contribution is 7.89. The minimum Gasteiger partial charge on any atom is -0.497 e. The molecule has 20 heavy (non-hydrogen) atoms. The third kappa shape index (κ3) is 3.71. The van der Waals surface area contributed by atoms with Crippen molar-refractivity contribution in [2.24, 2.45) is 11.7 Å². The first-order valence-corrected chi connectivity index (χ1v) is 7.75. The monoisotopic (exact) mass is 299 g/mol. The number of benzene rings is 1. The van der Waals surface area contributed by atoms with Gasteiger partial charge in [0.2, 0.25) is 10.0 Å². The molecule has 0 spiro atoms. The lowest BCUT2D eigenvalue weighted by Crippen LogP contribution is -2.38. The molecule has 7 heteroatoms. The summed E-state index contributed by atoms with van der Waals surface area (Å²) in [6.45, 7) is 4.01. The molecule has 112 valence electrons. The molecule has 1 unspecified atom stereocenters. The number of sulfonamides is 1. The first-order chi connectivity index (χ1) is 9.32. The quantitative estimate of drug-likeness (QED) is 0.585. The molecule has 0 radical (unpaired) electrons. The van der Waals surface area contributed by atoms with Crippen LogP contribution in [0.15, 0.2) is 29.2 Å². The molecule has 1 aromatic carbocycles. The number of hydrogen-bond donors (Lipinski definition) is 2. The molecule has 1 rings (SSSR count). The number of methoxy groups -OCH3 is 1. The van der Waals surface area contributed by atoms with Crippen molar-refractivity contribution in [2.75, 3.05) is 20.2 Å². The number of amidine groups is 1. The molecule has 0 aliphatic rings. The largest absolute Gasteiger partial charge is 0.497 e. The van der Waals surface area contributed by atoms with E-state index in [0.29, 0.717) is 12.3 Å². The van der Waals surface area contributed by atoms with Crippen LogP contribution in [0.3, 0.4) is 0 Å². The zero-order valence-corrected chi connectivity index (χ0v) is 12.8. The van der Waals surface area contributed by atoms with Crippen LogP contribution in [0.5, 0.6) is 5.75 Å². The van der Waals surface area contributed by atoms with Gasteiger partial charge in [0.15, 0.2) is 0 Å². The van der Waals surface area contributed by atoms with E-state index in [4.69, 9.17) is 15.9 Å². The molecule has 0 bridgehead atoms. The van der Waals surface area contributed by atoms with E-state index in [9.17, 15) is 8.42 Å². The Morgan fingerprint density at radius 2 is 1.95 bits per heavy atom. The number of nitrogens with zero attached hydrogens (tertiary/aromatic N) is 1. The fourth-order valence-electron chi connectivity index (χ4n) is 1.70. The highest BCUT2D eigenvalue weighted by atomic mass is 32.2. The Morgan fingerprint density at radius 3 is 2.35 bits per heavy atom. The molecule has 1 aromatic rings. The van der Waals surface area contributed by atoms with Gasteiger partial charge in [-0.25, -0.2) is 8.42 Å². The lowest BCUT2D eigenvalue weighted by atomic mass is 10.1. The van der Waals surface area contributed by atoms with Crippen LogP contribution < -0.4 is 10.5 Å². The Bertz CT molecular complexity index is 555. The minimum atomic E-state index is -3.58. The summed E-state index contributed by atoms with van der Waals surface area (Å²) < 4.78 is 31.3. The van der Waals surface area contributed by atoms with Gasteiger partial charge in [-0.15, -0.1) is 0 Å². The molecular formula is C13H21N3O3S. The van der Waals surface area contributed by atoms with Gasteiger partial charge < -0.3 is 10.5 Å². The summed E-state index contributed by atoms with van der Waals surface area (Å²) >= 11 is 0. The first kappa shape index (κ1) is 16.5. The van der Waals surface area contributed by atoms with E-state index < -0.39 is 10.0 Å². The molecule has 0 heterocycles. The van der Waals surface area contributed by atoms with E-state index in [-0.39, 0.29) is 23.2 Å². The van der Waals surface area contributed by atoms with Crippen molar-refractivity contribution < 1.29 is 13.2 Å². The fraction of sp³-hybridized carbons (Fsp3) is 0.462. The van der Waals surface area contributed by atoms with Crippen LogP contribution in [-0.2, 0) is 10.0 Å². The number of nitrogens with one attached hydrogen (secondary N) is 1. The van der Waals surface area contributed by atoms with E-state index in [0.717, 1.165) is 0 Å². The molecule has 1 atom stereocenters. The molecule has 0 aliphatic heterocycles. The average Bonchev–Trinajstić information content (AvgIpc) is 2.44. The number of rotatable bonds is 7. The molecule has 0 aromatic heterocycles. The van der Waals surface area contributed by atoms with Gasteiger partial charge in [-0.1, -0.05) is 13.8 Å². The molecule has 0 amide bonds. The smallest absolute Gasteiger partial charge is 0.243 e. The lowest BCUT2D eigenvalue weighted by molar-refractivity contribution is 0.402. The van der Waals surface area contributed by atoms with Crippen LogP contribution in [0.2, 0.25) is 0 Å². The third-order valence-corrected chi connectivity index (χ3v) is 5.01. The number of nitrogens with two attached hydrogens (primary N) is 1. The van der Waals surface area contributed by atoms with Crippen molar-refractivity contribution in [2.45, 2.75) is 18.7 Å². The Balaban J connectivity index is 3.01. The molecule has 6 nitrogen and oxygen atoms in total. The van der Waals surface area contributed by atoms with Crippen molar-refractivity contribution in [1.29, 1.82) is 5.41 Å². The Morgan fingerprint density at radius 1 is 1.40 bits per heavy atom. The van der Waals surface area contributed by atoms with Gasteiger partial charge in [-0.05, 0) is 24.3 Å². The number of ether oxygens (including phenoxy) is 1. The van der Waals surface area contributed by atoms with Gasteiger partial charge in [0.1, 0.15) is 5.75 Å². The second-order valence-electron chi connectivity index (χ2n) is 4.49. The highest BCUT2D eigenvalue weighted by Gasteiger charge is 2.25. The summed E-state index contributed by atoms with van der Waals surface area (Å²) in [7, 11) is -2.05. The lowest BCUT2D eigenvalue weighted by Gasteiger charge is -2.23. The summed E-state index contributed by atoms with van der Waals surface area (Å²) in [6.07, 6.45) is 0. The predicted molar refractivity (Wildman–Crippen MR) is 78.5 cm³/mol. The van der Waals surface area contributed by atoms with Gasteiger partial charge >= 0.3 is 0 Å². The second kappa shape index (κ2) is 6.71. The zero-order chi connectivity index (χ0) is 15.3. The second-order valence-corrected chi connectivity index (χ2v) is 6.43. The predicted octanol–water partition coefficient (Wildman–Crippen LogP) is 1.28. The summed E-state index contributed by atoms with van der Waals surface area (Å²) in [5.41, 5.74) is 5.40. The Labute approximate surface area is 120 Å². The van der Waals surface area contributed by atoms with E-state index in [2.05, 4.69) is 0 Å². The summed E-state index contributed by atoms with van der Waals surface area (Å²) in [5.74, 6) is 0.264. The van der Waals surface area contributed by atoms with Crippen LogP contribution in [0.4, 0.5) is 0 Å². The molecule has 3 N–H and O–H groups in total. The van der Waals surface area contributed by atoms with Crippen LogP contribution in [0.1, 0.15) is 13.8 Å². The van der Waals surface area contributed by atoms with Crippen molar-refractivity contribution in [3.8, 4) is 5.75 Å². The van der Waals surface area contributed by atoms with Gasteiger partial charge in [0.25, 0.3) is 0 Å².